The molecule has 3 aromatic rings. The first kappa shape index (κ1) is 24.4. The fourth-order valence-corrected chi connectivity index (χ4v) is 4.91. The summed E-state index contributed by atoms with van der Waals surface area (Å²) in [5.74, 6) is -0.0715. The van der Waals surface area contributed by atoms with Gasteiger partial charge in [-0.1, -0.05) is 12.1 Å². The molecule has 0 bridgehead atoms. The number of rotatable bonds is 8. The van der Waals surface area contributed by atoms with Gasteiger partial charge in [0.15, 0.2) is 0 Å². The minimum Gasteiger partial charge on any atom is -0.345 e. The van der Waals surface area contributed by atoms with Crippen LogP contribution in [0.2, 0.25) is 0 Å². The van der Waals surface area contributed by atoms with Crippen molar-refractivity contribution in [3.63, 3.8) is 0 Å². The van der Waals surface area contributed by atoms with E-state index in [2.05, 4.69) is 54.4 Å². The van der Waals surface area contributed by atoms with Crippen LogP contribution in [0.25, 0.3) is 10.9 Å². The molecule has 1 aliphatic rings. The lowest BCUT2D eigenvalue weighted by atomic mass is 10.1. The molecular formula is C28H37FN4O. The van der Waals surface area contributed by atoms with Gasteiger partial charge in [-0.15, -0.1) is 0 Å². The molecule has 0 unspecified atom stereocenters. The number of amides is 1. The van der Waals surface area contributed by atoms with E-state index in [0.717, 1.165) is 69.8 Å². The third kappa shape index (κ3) is 5.50. The number of hydrogen-bond donors (Lipinski definition) is 0. The molecule has 5 nitrogen and oxygen atoms in total. The summed E-state index contributed by atoms with van der Waals surface area (Å²) in [6.07, 6.45) is 2.00. The molecule has 1 saturated heterocycles. The molecule has 1 amide bonds. The van der Waals surface area contributed by atoms with E-state index in [1.165, 1.54) is 34.3 Å². The molecule has 6 heteroatoms. The summed E-state index contributed by atoms with van der Waals surface area (Å²) in [5, 5.41) is 1.19. The highest BCUT2D eigenvalue weighted by atomic mass is 19.1. The van der Waals surface area contributed by atoms with E-state index in [0.29, 0.717) is 0 Å². The van der Waals surface area contributed by atoms with Crippen molar-refractivity contribution in [2.45, 2.75) is 33.2 Å². The molecule has 1 aliphatic heterocycles. The lowest BCUT2D eigenvalue weighted by Crippen LogP contribution is -2.49. The quantitative estimate of drug-likeness (QED) is 0.497. The van der Waals surface area contributed by atoms with Crippen molar-refractivity contribution in [3.8, 4) is 0 Å². The average Bonchev–Trinajstić information content (AvgIpc) is 3.07. The van der Waals surface area contributed by atoms with Crippen molar-refractivity contribution in [1.82, 2.24) is 19.3 Å². The number of piperazine rings is 1. The number of carbonyl (C=O) groups is 1. The monoisotopic (exact) mass is 464 g/mol. The largest absolute Gasteiger partial charge is 0.345 e. The van der Waals surface area contributed by atoms with Crippen LogP contribution in [0.3, 0.4) is 0 Å². The van der Waals surface area contributed by atoms with Crippen LogP contribution in [0.1, 0.15) is 33.6 Å². The van der Waals surface area contributed by atoms with Crippen molar-refractivity contribution in [2.24, 2.45) is 0 Å². The van der Waals surface area contributed by atoms with E-state index in [9.17, 15) is 9.18 Å². The van der Waals surface area contributed by atoms with E-state index in [1.807, 2.05) is 23.1 Å². The second-order valence-electron chi connectivity index (χ2n) is 9.76. The second-order valence-corrected chi connectivity index (χ2v) is 9.76. The molecule has 0 N–H and O–H groups in total. The average molecular weight is 465 g/mol. The zero-order valence-electron chi connectivity index (χ0n) is 21.0. The van der Waals surface area contributed by atoms with Crippen molar-refractivity contribution < 1.29 is 9.18 Å². The van der Waals surface area contributed by atoms with E-state index in [1.54, 1.807) is 0 Å². The van der Waals surface area contributed by atoms with Crippen LogP contribution < -0.4 is 0 Å². The van der Waals surface area contributed by atoms with E-state index < -0.39 is 0 Å². The van der Waals surface area contributed by atoms with Gasteiger partial charge >= 0.3 is 0 Å². The number of aryl methyl sites for hydroxylation is 2. The zero-order valence-corrected chi connectivity index (χ0v) is 21.0. The maximum Gasteiger partial charge on any atom is 0.253 e. The first-order valence-corrected chi connectivity index (χ1v) is 12.3. The highest BCUT2D eigenvalue weighted by Gasteiger charge is 2.23. The SMILES string of the molecule is Cc1c(C)n(CCCN(C)C)c2ccc(C(=O)N3CCN(CCc4ccc(F)cc4)CC3)cc12. The van der Waals surface area contributed by atoms with Crippen molar-refractivity contribution in [3.05, 3.63) is 70.7 Å². The molecule has 2 aromatic carbocycles. The normalized spacial score (nSPS) is 14.9. The van der Waals surface area contributed by atoms with Crippen LogP contribution in [0.4, 0.5) is 4.39 Å². The van der Waals surface area contributed by atoms with Crippen molar-refractivity contribution in [1.29, 1.82) is 0 Å². The van der Waals surface area contributed by atoms with Crippen LogP contribution >= 0.6 is 0 Å². The van der Waals surface area contributed by atoms with Crippen LogP contribution in [0, 0.1) is 19.7 Å². The standard InChI is InChI=1S/C28H37FN4O/c1-21-22(2)33(14-5-13-30(3)4)27-11-8-24(20-26(21)27)28(34)32-18-16-31(17-19-32)15-12-23-6-9-25(29)10-7-23/h6-11,20H,5,12-19H2,1-4H3. The van der Waals surface area contributed by atoms with Gasteiger partial charge in [0.1, 0.15) is 5.82 Å². The van der Waals surface area contributed by atoms with Gasteiger partial charge in [-0.05, 0) is 88.8 Å². The van der Waals surface area contributed by atoms with Gasteiger partial charge in [-0.3, -0.25) is 9.69 Å². The molecule has 1 aromatic heterocycles. The smallest absolute Gasteiger partial charge is 0.253 e. The fourth-order valence-electron chi connectivity index (χ4n) is 4.91. The van der Waals surface area contributed by atoms with Crippen LogP contribution in [-0.4, -0.2) is 78.5 Å². The highest BCUT2D eigenvalue weighted by Crippen LogP contribution is 2.27. The maximum absolute atomic E-state index is 13.3. The van der Waals surface area contributed by atoms with Gasteiger partial charge < -0.3 is 14.4 Å². The number of nitrogens with zero attached hydrogens (tertiary/aromatic N) is 4. The summed E-state index contributed by atoms with van der Waals surface area (Å²) in [7, 11) is 4.21. The molecule has 0 radical (unpaired) electrons. The molecule has 0 atom stereocenters. The topological polar surface area (TPSA) is 31.7 Å². The first-order valence-electron chi connectivity index (χ1n) is 12.3. The lowest BCUT2D eigenvalue weighted by Gasteiger charge is -2.34. The van der Waals surface area contributed by atoms with Gasteiger partial charge in [0, 0.05) is 61.4 Å². The molecule has 4 rings (SSSR count). The number of halogens is 1. The summed E-state index contributed by atoms with van der Waals surface area (Å²) in [6, 6.07) is 12.9. The van der Waals surface area contributed by atoms with E-state index >= 15 is 0 Å². The Balaban J connectivity index is 1.37. The van der Waals surface area contributed by atoms with Crippen LogP contribution in [0.15, 0.2) is 42.5 Å². The van der Waals surface area contributed by atoms with Crippen LogP contribution in [0.5, 0.6) is 0 Å². The Kier molecular flexibility index (Phi) is 7.69. The molecule has 0 saturated carbocycles. The van der Waals surface area contributed by atoms with Gasteiger partial charge in [-0.25, -0.2) is 4.39 Å². The Morgan fingerprint density at radius 2 is 1.68 bits per heavy atom. The molecule has 34 heavy (non-hydrogen) atoms. The predicted octanol–water partition coefficient (Wildman–Crippen LogP) is 4.35. The predicted molar refractivity (Wildman–Crippen MR) is 137 cm³/mol. The Morgan fingerprint density at radius 3 is 2.35 bits per heavy atom. The molecule has 0 spiro atoms. The number of fused-ring (bicyclic) bond motifs is 1. The number of hydrogen-bond acceptors (Lipinski definition) is 3. The third-order valence-electron chi connectivity index (χ3n) is 7.16. The Morgan fingerprint density at radius 1 is 0.971 bits per heavy atom. The molecule has 0 aliphatic carbocycles. The Hall–Kier alpha value is -2.70. The molecular weight excluding hydrogens is 427 g/mol. The maximum atomic E-state index is 13.3. The minimum atomic E-state index is -0.194. The van der Waals surface area contributed by atoms with Gasteiger partial charge in [0.05, 0.1) is 0 Å². The highest BCUT2D eigenvalue weighted by molar-refractivity contribution is 5.99. The summed E-state index contributed by atoms with van der Waals surface area (Å²) in [6.45, 7) is 10.5. The van der Waals surface area contributed by atoms with Gasteiger partial charge in [0.25, 0.3) is 5.91 Å². The van der Waals surface area contributed by atoms with E-state index in [-0.39, 0.29) is 11.7 Å². The Bertz CT molecular complexity index is 1130. The summed E-state index contributed by atoms with van der Waals surface area (Å²) < 4.78 is 15.5. The first-order chi connectivity index (χ1) is 16.3. The second kappa shape index (κ2) is 10.7. The summed E-state index contributed by atoms with van der Waals surface area (Å²) in [5.41, 5.74) is 5.69. The summed E-state index contributed by atoms with van der Waals surface area (Å²) in [4.78, 5) is 19.9. The minimum absolute atomic E-state index is 0.123. The molecule has 1 fully saturated rings. The summed E-state index contributed by atoms with van der Waals surface area (Å²) >= 11 is 0. The van der Waals surface area contributed by atoms with Gasteiger partial charge in [-0.2, -0.15) is 0 Å². The third-order valence-corrected chi connectivity index (χ3v) is 7.16. The fraction of sp³-hybridized carbons (Fsp3) is 0.464. The van der Waals surface area contributed by atoms with Crippen LogP contribution in [-0.2, 0) is 13.0 Å². The number of carbonyl (C=O) groups excluding carboxylic acids is 1. The Labute approximate surface area is 202 Å². The van der Waals surface area contributed by atoms with Gasteiger partial charge in [0.2, 0.25) is 0 Å². The lowest BCUT2D eigenvalue weighted by molar-refractivity contribution is 0.0638. The van der Waals surface area contributed by atoms with E-state index in [4.69, 9.17) is 0 Å². The molecule has 2 heterocycles. The molecule has 182 valence electrons. The zero-order chi connectivity index (χ0) is 24.2. The number of aromatic nitrogens is 1. The van der Waals surface area contributed by atoms with Crippen molar-refractivity contribution in [2.75, 3.05) is 53.4 Å². The number of benzene rings is 2. The van der Waals surface area contributed by atoms with Crippen molar-refractivity contribution >= 4 is 16.8 Å².